The molecule has 1 N–H and O–H groups in total. The van der Waals surface area contributed by atoms with Crippen LogP contribution >= 0.6 is 0 Å². The Balaban J connectivity index is 2.58. The number of amides is 1. The lowest BCUT2D eigenvalue weighted by atomic mass is 10.2. The first-order valence-corrected chi connectivity index (χ1v) is 9.14. The van der Waals surface area contributed by atoms with Crippen molar-refractivity contribution in [3.8, 4) is 0 Å². The first-order chi connectivity index (χ1) is 7.67. The molecule has 5 heteroatoms. The van der Waals surface area contributed by atoms with Crippen LogP contribution in [0, 0.1) is 0 Å². The van der Waals surface area contributed by atoms with Crippen molar-refractivity contribution in [3.05, 3.63) is 0 Å². The van der Waals surface area contributed by atoms with Gasteiger partial charge in [-0.25, -0.2) is 0 Å². The predicted molar refractivity (Wildman–Crippen MR) is 70.4 cm³/mol. The lowest BCUT2D eigenvalue weighted by Gasteiger charge is -2.38. The third-order valence-corrected chi connectivity index (χ3v) is 8.35. The van der Waals surface area contributed by atoms with Crippen LogP contribution in [-0.4, -0.2) is 50.0 Å². The minimum Gasteiger partial charge on any atom is -0.412 e. The van der Waals surface area contributed by atoms with E-state index < -0.39 is 8.32 Å². The Morgan fingerprint density at radius 2 is 2.06 bits per heavy atom. The molecule has 1 heterocycles. The Morgan fingerprint density at radius 1 is 1.47 bits per heavy atom. The number of aliphatic hydroxyl groups is 1. The highest BCUT2D eigenvalue weighted by Crippen LogP contribution is 2.38. The number of hydrogen-bond donors (Lipinski definition) is 1. The Kier molecular flexibility index (Phi) is 4.38. The molecule has 0 aromatic carbocycles. The summed E-state index contributed by atoms with van der Waals surface area (Å²) in [5.41, 5.74) is 0. The summed E-state index contributed by atoms with van der Waals surface area (Å²) < 4.78 is 6.20. The Hall–Kier alpha value is -0.393. The number of rotatable bonds is 4. The van der Waals surface area contributed by atoms with Gasteiger partial charge in [-0.2, -0.15) is 0 Å². The molecule has 0 aromatic rings. The topological polar surface area (TPSA) is 49.8 Å². The van der Waals surface area contributed by atoms with Crippen molar-refractivity contribution in [2.24, 2.45) is 0 Å². The molecule has 1 aliphatic heterocycles. The number of hydrogen-bond acceptors (Lipinski definition) is 3. The normalized spacial score (nSPS) is 22.4. The standard InChI is InChI=1S/C12H25NO3Si/c1-12(2,3)17(4,5)16-10-8-11(15)13(9-10)6-7-14/h10,14H,6-9H2,1-5H3. The highest BCUT2D eigenvalue weighted by molar-refractivity contribution is 6.74. The van der Waals surface area contributed by atoms with Crippen molar-refractivity contribution in [2.45, 2.75) is 51.4 Å². The lowest BCUT2D eigenvalue weighted by molar-refractivity contribution is -0.128. The first kappa shape index (κ1) is 14.7. The Labute approximate surface area is 105 Å². The molecule has 1 aliphatic rings. The van der Waals surface area contributed by atoms with E-state index in [0.29, 0.717) is 19.5 Å². The molecule has 0 saturated carbocycles. The Bertz CT molecular complexity index is 286. The molecule has 0 spiro atoms. The van der Waals surface area contributed by atoms with Crippen molar-refractivity contribution in [1.29, 1.82) is 0 Å². The second-order valence-electron chi connectivity index (χ2n) is 6.27. The van der Waals surface area contributed by atoms with Crippen molar-refractivity contribution in [1.82, 2.24) is 4.90 Å². The molecule has 0 aliphatic carbocycles. The van der Waals surface area contributed by atoms with Crippen LogP contribution in [0.5, 0.6) is 0 Å². The molecule has 0 radical (unpaired) electrons. The van der Waals surface area contributed by atoms with Crippen LogP contribution in [0.25, 0.3) is 0 Å². The highest BCUT2D eigenvalue weighted by atomic mass is 28.4. The lowest BCUT2D eigenvalue weighted by Crippen LogP contribution is -2.44. The first-order valence-electron chi connectivity index (χ1n) is 6.24. The molecule has 0 bridgehead atoms. The van der Waals surface area contributed by atoms with E-state index in [9.17, 15) is 4.79 Å². The zero-order valence-corrected chi connectivity index (χ0v) is 12.6. The molecule has 1 unspecified atom stereocenters. The third-order valence-electron chi connectivity index (χ3n) is 3.82. The van der Waals surface area contributed by atoms with Gasteiger partial charge in [0.2, 0.25) is 5.91 Å². The van der Waals surface area contributed by atoms with E-state index in [1.807, 2.05) is 0 Å². The van der Waals surface area contributed by atoms with E-state index in [0.717, 1.165) is 0 Å². The smallest absolute Gasteiger partial charge is 0.225 e. The van der Waals surface area contributed by atoms with Gasteiger partial charge in [0.15, 0.2) is 8.32 Å². The maximum absolute atomic E-state index is 11.7. The summed E-state index contributed by atoms with van der Waals surface area (Å²) in [4.78, 5) is 13.4. The van der Waals surface area contributed by atoms with Crippen LogP contribution in [0.15, 0.2) is 0 Å². The minimum atomic E-state index is -1.79. The van der Waals surface area contributed by atoms with Crippen LogP contribution in [0.4, 0.5) is 0 Å². The number of carbonyl (C=O) groups excluding carboxylic acids is 1. The van der Waals surface area contributed by atoms with E-state index >= 15 is 0 Å². The van der Waals surface area contributed by atoms with Crippen LogP contribution < -0.4 is 0 Å². The molecular weight excluding hydrogens is 234 g/mol. The van der Waals surface area contributed by atoms with Gasteiger partial charge in [0.25, 0.3) is 0 Å². The molecule has 1 fully saturated rings. The molecule has 1 amide bonds. The number of likely N-dealkylation sites (tertiary alicyclic amines) is 1. The van der Waals surface area contributed by atoms with Crippen molar-refractivity contribution in [3.63, 3.8) is 0 Å². The number of aliphatic hydroxyl groups excluding tert-OH is 1. The van der Waals surface area contributed by atoms with Crippen LogP contribution in [0.3, 0.4) is 0 Å². The van der Waals surface area contributed by atoms with Crippen LogP contribution in [0.1, 0.15) is 27.2 Å². The molecule has 1 saturated heterocycles. The molecule has 0 aromatic heterocycles. The number of carbonyl (C=O) groups is 1. The maximum atomic E-state index is 11.7. The largest absolute Gasteiger partial charge is 0.412 e. The summed E-state index contributed by atoms with van der Waals surface area (Å²) in [7, 11) is -1.79. The average molecular weight is 259 g/mol. The predicted octanol–water partition coefficient (Wildman–Crippen LogP) is 1.60. The van der Waals surface area contributed by atoms with Gasteiger partial charge in [0.1, 0.15) is 0 Å². The molecule has 1 atom stereocenters. The second-order valence-corrected chi connectivity index (χ2v) is 11.0. The fraction of sp³-hybridized carbons (Fsp3) is 0.917. The zero-order chi connectivity index (χ0) is 13.3. The summed E-state index contributed by atoms with van der Waals surface area (Å²) in [6, 6.07) is 0. The van der Waals surface area contributed by atoms with Gasteiger partial charge >= 0.3 is 0 Å². The number of β-amino-alcohol motifs (C(OH)–C–C–N with tert-alkyl or cyclic N) is 1. The van der Waals surface area contributed by atoms with E-state index in [4.69, 9.17) is 9.53 Å². The maximum Gasteiger partial charge on any atom is 0.225 e. The molecule has 100 valence electrons. The fourth-order valence-electron chi connectivity index (χ4n) is 1.75. The van der Waals surface area contributed by atoms with Crippen LogP contribution in [-0.2, 0) is 9.22 Å². The van der Waals surface area contributed by atoms with E-state index in [2.05, 4.69) is 33.9 Å². The van der Waals surface area contributed by atoms with Gasteiger partial charge in [-0.15, -0.1) is 0 Å². The van der Waals surface area contributed by atoms with Crippen molar-refractivity contribution in [2.75, 3.05) is 19.7 Å². The van der Waals surface area contributed by atoms with Gasteiger partial charge in [-0.1, -0.05) is 20.8 Å². The number of nitrogens with zero attached hydrogens (tertiary/aromatic N) is 1. The van der Waals surface area contributed by atoms with Gasteiger partial charge in [0.05, 0.1) is 19.1 Å². The fourth-order valence-corrected chi connectivity index (χ4v) is 3.09. The summed E-state index contributed by atoms with van der Waals surface area (Å²) in [5.74, 6) is 0.0998. The SMILES string of the molecule is CC(C)(C)[Si](C)(C)OC1CC(=O)N(CCO)C1. The van der Waals surface area contributed by atoms with Gasteiger partial charge < -0.3 is 14.4 Å². The molecule has 4 nitrogen and oxygen atoms in total. The Morgan fingerprint density at radius 3 is 2.53 bits per heavy atom. The monoisotopic (exact) mass is 259 g/mol. The van der Waals surface area contributed by atoms with Crippen LogP contribution in [0.2, 0.25) is 18.1 Å². The van der Waals surface area contributed by atoms with E-state index in [-0.39, 0.29) is 23.7 Å². The third kappa shape index (κ3) is 3.53. The quantitative estimate of drug-likeness (QED) is 0.780. The zero-order valence-electron chi connectivity index (χ0n) is 11.6. The second kappa shape index (κ2) is 5.08. The summed E-state index contributed by atoms with van der Waals surface area (Å²) in [6.07, 6.45) is 0.474. The summed E-state index contributed by atoms with van der Waals surface area (Å²) in [6.45, 7) is 12.1. The van der Waals surface area contributed by atoms with E-state index in [1.54, 1.807) is 4.90 Å². The highest BCUT2D eigenvalue weighted by Gasteiger charge is 2.41. The van der Waals surface area contributed by atoms with Gasteiger partial charge in [0, 0.05) is 13.1 Å². The summed E-state index contributed by atoms with van der Waals surface area (Å²) in [5, 5.41) is 9.03. The van der Waals surface area contributed by atoms with Crippen molar-refractivity contribution >= 4 is 14.2 Å². The van der Waals surface area contributed by atoms with E-state index in [1.165, 1.54) is 0 Å². The average Bonchev–Trinajstić information content (AvgIpc) is 2.44. The molecular formula is C12H25NO3Si. The van der Waals surface area contributed by atoms with Gasteiger partial charge in [-0.3, -0.25) is 4.79 Å². The van der Waals surface area contributed by atoms with Crippen molar-refractivity contribution < 1.29 is 14.3 Å². The minimum absolute atomic E-state index is 0.00921. The molecule has 1 rings (SSSR count). The molecule has 17 heavy (non-hydrogen) atoms. The van der Waals surface area contributed by atoms with Gasteiger partial charge in [-0.05, 0) is 18.1 Å². The summed E-state index contributed by atoms with van der Waals surface area (Å²) >= 11 is 0.